The van der Waals surface area contributed by atoms with Crippen molar-refractivity contribution in [2.24, 2.45) is 46.3 Å². The summed E-state index contributed by atoms with van der Waals surface area (Å²) in [4.78, 5) is 12.7. The van der Waals surface area contributed by atoms with Gasteiger partial charge in [0.05, 0.1) is 17.8 Å². The van der Waals surface area contributed by atoms with E-state index in [4.69, 9.17) is 14.2 Å². The molecule has 8 atom stereocenters. The highest BCUT2D eigenvalue weighted by atomic mass is 16.6. The standard InChI is InChI=1S/C39H69NO4/c1-27(2)13-11-14-28(3)32-17-18-33-31-16-15-29-25-30(19-21-38(29,9)34(31)20-22-39(32,33)10)44-35(41)40-23-12-24-42-37(7,8)26-43-36(4,5)6/h15,27-28,30-34H,11-14,16-26H2,1-10H3,(H,40,41)/t28?,30-,31-,32?,33-,34-,38-,39+/m0/s1. The van der Waals surface area contributed by atoms with E-state index in [0.717, 1.165) is 61.2 Å². The average Bonchev–Trinajstić information content (AvgIpc) is 3.29. The molecule has 3 saturated carbocycles. The molecule has 0 saturated heterocycles. The lowest BCUT2D eigenvalue weighted by Crippen LogP contribution is -2.51. The molecule has 1 N–H and O–H groups in total. The molecule has 44 heavy (non-hydrogen) atoms. The van der Waals surface area contributed by atoms with Crippen LogP contribution in [0.1, 0.15) is 146 Å². The van der Waals surface area contributed by atoms with E-state index in [0.29, 0.717) is 25.2 Å². The Kier molecular flexibility index (Phi) is 11.7. The van der Waals surface area contributed by atoms with Gasteiger partial charge in [-0.15, -0.1) is 0 Å². The predicted molar refractivity (Wildman–Crippen MR) is 182 cm³/mol. The molecule has 1 amide bonds. The minimum Gasteiger partial charge on any atom is -0.446 e. The first kappa shape index (κ1) is 35.8. The number of nitrogens with one attached hydrogen (secondary N) is 1. The summed E-state index contributed by atoms with van der Waals surface area (Å²) in [7, 11) is 0. The van der Waals surface area contributed by atoms with Crippen LogP contribution in [0.3, 0.4) is 0 Å². The largest absolute Gasteiger partial charge is 0.446 e. The molecule has 0 aromatic carbocycles. The van der Waals surface area contributed by atoms with Gasteiger partial charge in [-0.3, -0.25) is 0 Å². The molecule has 0 bridgehead atoms. The lowest BCUT2D eigenvalue weighted by atomic mass is 9.47. The van der Waals surface area contributed by atoms with Crippen molar-refractivity contribution in [3.05, 3.63) is 11.6 Å². The van der Waals surface area contributed by atoms with Crippen LogP contribution >= 0.6 is 0 Å². The van der Waals surface area contributed by atoms with E-state index in [2.05, 4.69) is 66.8 Å². The number of amides is 1. The van der Waals surface area contributed by atoms with Crippen LogP contribution < -0.4 is 5.32 Å². The predicted octanol–water partition coefficient (Wildman–Crippen LogP) is 10.1. The molecule has 3 fully saturated rings. The zero-order chi connectivity index (χ0) is 32.3. The van der Waals surface area contributed by atoms with Crippen molar-refractivity contribution in [2.75, 3.05) is 19.8 Å². The van der Waals surface area contributed by atoms with Crippen LogP contribution in [0.4, 0.5) is 4.79 Å². The molecule has 0 radical (unpaired) electrons. The van der Waals surface area contributed by atoms with Gasteiger partial charge in [-0.2, -0.15) is 0 Å². The molecule has 2 unspecified atom stereocenters. The van der Waals surface area contributed by atoms with Crippen LogP contribution in [0.5, 0.6) is 0 Å². The fourth-order valence-electron chi connectivity index (χ4n) is 9.99. The van der Waals surface area contributed by atoms with E-state index in [-0.39, 0.29) is 28.8 Å². The minimum atomic E-state index is -0.350. The summed E-state index contributed by atoms with van der Waals surface area (Å²) in [5.41, 5.74) is 1.86. The Morgan fingerprint density at radius 3 is 2.41 bits per heavy atom. The van der Waals surface area contributed by atoms with E-state index in [1.54, 1.807) is 5.57 Å². The summed E-state index contributed by atoms with van der Waals surface area (Å²) in [6.45, 7) is 24.5. The van der Waals surface area contributed by atoms with Gasteiger partial charge in [0, 0.05) is 19.6 Å². The van der Waals surface area contributed by atoms with E-state index in [1.807, 2.05) is 13.8 Å². The number of allylic oxidation sites excluding steroid dienone is 1. The van der Waals surface area contributed by atoms with Crippen molar-refractivity contribution in [3.63, 3.8) is 0 Å². The fourth-order valence-corrected chi connectivity index (χ4v) is 9.99. The number of rotatable bonds is 13. The summed E-state index contributed by atoms with van der Waals surface area (Å²) in [5.74, 6) is 5.10. The summed E-state index contributed by atoms with van der Waals surface area (Å²) >= 11 is 0. The van der Waals surface area contributed by atoms with Gasteiger partial charge in [0.1, 0.15) is 6.10 Å². The first-order valence-corrected chi connectivity index (χ1v) is 18.5. The number of ether oxygens (including phenoxy) is 3. The van der Waals surface area contributed by atoms with Crippen LogP contribution in [0, 0.1) is 46.3 Å². The second kappa shape index (κ2) is 14.4. The molecule has 0 heterocycles. The highest BCUT2D eigenvalue weighted by Crippen LogP contribution is 2.67. The number of alkyl carbamates (subject to hydrolysis) is 1. The van der Waals surface area contributed by atoms with E-state index >= 15 is 0 Å². The van der Waals surface area contributed by atoms with Gasteiger partial charge in [0.25, 0.3) is 0 Å². The van der Waals surface area contributed by atoms with Gasteiger partial charge in [0.15, 0.2) is 0 Å². The van der Waals surface area contributed by atoms with Crippen molar-refractivity contribution >= 4 is 6.09 Å². The summed E-state index contributed by atoms with van der Waals surface area (Å²) in [6.07, 6.45) is 17.2. The molecule has 0 aliphatic heterocycles. The number of fused-ring (bicyclic) bond motifs is 5. The average molecular weight is 616 g/mol. The van der Waals surface area contributed by atoms with Gasteiger partial charge >= 0.3 is 6.09 Å². The monoisotopic (exact) mass is 616 g/mol. The Bertz CT molecular complexity index is 981. The second-order valence-corrected chi connectivity index (χ2v) is 17.8. The third kappa shape index (κ3) is 8.64. The second-order valence-electron chi connectivity index (χ2n) is 17.8. The van der Waals surface area contributed by atoms with Crippen molar-refractivity contribution in [3.8, 4) is 0 Å². The maximum atomic E-state index is 12.7. The number of hydrogen-bond donors (Lipinski definition) is 1. The van der Waals surface area contributed by atoms with E-state index in [1.165, 1.54) is 51.4 Å². The third-order valence-electron chi connectivity index (χ3n) is 12.5. The molecule has 5 nitrogen and oxygen atoms in total. The van der Waals surface area contributed by atoms with Crippen LogP contribution in [-0.4, -0.2) is 43.2 Å². The first-order valence-electron chi connectivity index (χ1n) is 18.5. The molecule has 4 aliphatic carbocycles. The normalized spacial score (nSPS) is 34.5. The van der Waals surface area contributed by atoms with Gasteiger partial charge < -0.3 is 19.5 Å². The Morgan fingerprint density at radius 2 is 1.70 bits per heavy atom. The summed E-state index contributed by atoms with van der Waals surface area (Å²) in [6, 6.07) is 0. The Labute approximate surface area is 271 Å². The van der Waals surface area contributed by atoms with Gasteiger partial charge in [-0.05, 0) is 132 Å². The molecule has 0 spiro atoms. The van der Waals surface area contributed by atoms with Crippen molar-refractivity contribution < 1.29 is 19.0 Å². The molecule has 254 valence electrons. The highest BCUT2D eigenvalue weighted by molar-refractivity contribution is 5.67. The molecular weight excluding hydrogens is 546 g/mol. The van der Waals surface area contributed by atoms with Crippen molar-refractivity contribution in [2.45, 2.75) is 164 Å². The van der Waals surface area contributed by atoms with Crippen LogP contribution in [-0.2, 0) is 14.2 Å². The SMILES string of the molecule is CC(C)CCCC(C)C1CC[C@H]2[C@@H]3CC=C4C[C@@H](OC(=O)NCCCOC(C)(C)COC(C)(C)C)CC[C@]4(C)[C@H]3CC[C@]12C. The van der Waals surface area contributed by atoms with Crippen molar-refractivity contribution in [1.82, 2.24) is 5.32 Å². The molecular formula is C39H69NO4. The number of hydrogen-bond acceptors (Lipinski definition) is 4. The summed E-state index contributed by atoms with van der Waals surface area (Å²) in [5, 5.41) is 2.97. The van der Waals surface area contributed by atoms with Gasteiger partial charge in [-0.1, -0.05) is 65.5 Å². The van der Waals surface area contributed by atoms with Gasteiger partial charge in [0.2, 0.25) is 0 Å². The Hall–Kier alpha value is -1.07. The lowest BCUT2D eigenvalue weighted by Gasteiger charge is -2.58. The zero-order valence-corrected chi connectivity index (χ0v) is 30.4. The minimum absolute atomic E-state index is 0.00740. The number of carbonyl (C=O) groups is 1. The van der Waals surface area contributed by atoms with Crippen LogP contribution in [0.25, 0.3) is 0 Å². The smallest absolute Gasteiger partial charge is 0.407 e. The topological polar surface area (TPSA) is 56.8 Å². The van der Waals surface area contributed by atoms with Crippen LogP contribution in [0.2, 0.25) is 0 Å². The first-order chi connectivity index (χ1) is 20.5. The quantitative estimate of drug-likeness (QED) is 0.165. The Balaban J connectivity index is 1.23. The fraction of sp³-hybridized carbons (Fsp3) is 0.923. The Morgan fingerprint density at radius 1 is 0.955 bits per heavy atom. The lowest BCUT2D eigenvalue weighted by molar-refractivity contribution is -0.114. The van der Waals surface area contributed by atoms with E-state index in [9.17, 15) is 4.79 Å². The molecule has 0 aromatic heterocycles. The summed E-state index contributed by atoms with van der Waals surface area (Å²) < 4.78 is 17.9. The maximum absolute atomic E-state index is 12.7. The van der Waals surface area contributed by atoms with E-state index < -0.39 is 0 Å². The highest BCUT2D eigenvalue weighted by Gasteiger charge is 2.59. The molecule has 4 aliphatic rings. The van der Waals surface area contributed by atoms with Gasteiger partial charge in [-0.25, -0.2) is 4.79 Å². The van der Waals surface area contributed by atoms with Crippen molar-refractivity contribution in [1.29, 1.82) is 0 Å². The number of carbonyl (C=O) groups excluding carboxylic acids is 1. The zero-order valence-electron chi connectivity index (χ0n) is 30.4. The van der Waals surface area contributed by atoms with Crippen LogP contribution in [0.15, 0.2) is 11.6 Å². The molecule has 4 rings (SSSR count). The third-order valence-corrected chi connectivity index (χ3v) is 12.5. The molecule has 0 aromatic rings. The molecule has 5 heteroatoms. The maximum Gasteiger partial charge on any atom is 0.407 e.